The summed E-state index contributed by atoms with van der Waals surface area (Å²) in [5.41, 5.74) is 5.22. The molecule has 0 aliphatic heterocycles. The zero-order valence-electron chi connectivity index (χ0n) is 11.3. The number of pyridine rings is 1. The summed E-state index contributed by atoms with van der Waals surface area (Å²) in [7, 11) is 1.72. The summed E-state index contributed by atoms with van der Waals surface area (Å²) in [5, 5.41) is 1.21. The number of hydrogen-bond acceptors (Lipinski definition) is 4. The predicted octanol–water partition coefficient (Wildman–Crippen LogP) is 2.04. The van der Waals surface area contributed by atoms with Crippen LogP contribution in [0.1, 0.15) is 18.4 Å². The van der Waals surface area contributed by atoms with Crippen LogP contribution in [0.4, 0.5) is 0 Å². The molecule has 2 aromatic rings. The van der Waals surface area contributed by atoms with Gasteiger partial charge in [0.15, 0.2) is 0 Å². The predicted molar refractivity (Wildman–Crippen MR) is 77.7 cm³/mol. The number of para-hydroxylation sites is 1. The normalized spacial score (nSPS) is 12.7. The summed E-state index contributed by atoms with van der Waals surface area (Å²) in [5.74, 6) is 5.64. The van der Waals surface area contributed by atoms with Gasteiger partial charge in [-0.25, -0.2) is 0 Å². The van der Waals surface area contributed by atoms with Gasteiger partial charge >= 0.3 is 0 Å². The van der Waals surface area contributed by atoms with Crippen molar-refractivity contribution in [3.8, 4) is 0 Å². The Labute approximate surface area is 113 Å². The van der Waals surface area contributed by atoms with E-state index in [4.69, 9.17) is 10.6 Å². The molecule has 19 heavy (non-hydrogen) atoms. The Morgan fingerprint density at radius 3 is 2.95 bits per heavy atom. The van der Waals surface area contributed by atoms with Gasteiger partial charge in [-0.15, -0.1) is 0 Å². The first-order chi connectivity index (χ1) is 9.35. The molecule has 0 bridgehead atoms. The van der Waals surface area contributed by atoms with Gasteiger partial charge in [0.05, 0.1) is 5.52 Å². The average Bonchev–Trinajstić information content (AvgIpc) is 2.46. The summed E-state index contributed by atoms with van der Waals surface area (Å²) in [6, 6.07) is 10.5. The second-order valence-electron chi connectivity index (χ2n) is 4.69. The second kappa shape index (κ2) is 7.19. The Morgan fingerprint density at radius 2 is 2.16 bits per heavy atom. The van der Waals surface area contributed by atoms with Gasteiger partial charge in [-0.2, -0.15) is 0 Å². The molecule has 0 aliphatic carbocycles. The zero-order valence-corrected chi connectivity index (χ0v) is 11.3. The van der Waals surface area contributed by atoms with Gasteiger partial charge in [-0.3, -0.25) is 16.3 Å². The van der Waals surface area contributed by atoms with E-state index in [1.165, 1.54) is 10.9 Å². The SMILES string of the molecule is COCCCC(Cc1ccnc2ccccc12)NN. The number of rotatable bonds is 7. The van der Waals surface area contributed by atoms with E-state index in [2.05, 4.69) is 22.5 Å². The fraction of sp³-hybridized carbons (Fsp3) is 0.400. The lowest BCUT2D eigenvalue weighted by atomic mass is 9.99. The molecule has 102 valence electrons. The Morgan fingerprint density at radius 1 is 1.32 bits per heavy atom. The van der Waals surface area contributed by atoms with E-state index in [-0.39, 0.29) is 6.04 Å². The number of hydrogen-bond donors (Lipinski definition) is 2. The number of nitrogens with two attached hydrogens (primary N) is 1. The van der Waals surface area contributed by atoms with Crippen LogP contribution in [0.15, 0.2) is 36.5 Å². The van der Waals surface area contributed by atoms with Gasteiger partial charge in [0, 0.05) is 31.3 Å². The molecular formula is C15H21N3O. The zero-order chi connectivity index (χ0) is 13.5. The van der Waals surface area contributed by atoms with E-state index in [0.29, 0.717) is 0 Å². The third kappa shape index (κ3) is 3.73. The number of ether oxygens (including phenoxy) is 1. The Kier molecular flexibility index (Phi) is 5.27. The summed E-state index contributed by atoms with van der Waals surface area (Å²) < 4.78 is 5.08. The molecule has 0 saturated carbocycles. The number of nitrogens with one attached hydrogen (secondary N) is 1. The summed E-state index contributed by atoms with van der Waals surface area (Å²) >= 11 is 0. The van der Waals surface area contributed by atoms with E-state index < -0.39 is 0 Å². The lowest BCUT2D eigenvalue weighted by molar-refractivity contribution is 0.188. The molecule has 1 heterocycles. The van der Waals surface area contributed by atoms with E-state index in [1.54, 1.807) is 7.11 Å². The van der Waals surface area contributed by atoms with Crippen molar-refractivity contribution in [2.45, 2.75) is 25.3 Å². The van der Waals surface area contributed by atoms with Crippen LogP contribution in [0.2, 0.25) is 0 Å². The molecule has 4 nitrogen and oxygen atoms in total. The molecule has 0 fully saturated rings. The van der Waals surface area contributed by atoms with Crippen LogP contribution in [0, 0.1) is 0 Å². The first-order valence-electron chi connectivity index (χ1n) is 6.63. The van der Waals surface area contributed by atoms with Crippen molar-refractivity contribution in [2.75, 3.05) is 13.7 Å². The van der Waals surface area contributed by atoms with Crippen molar-refractivity contribution in [2.24, 2.45) is 5.84 Å². The number of methoxy groups -OCH3 is 1. The van der Waals surface area contributed by atoms with Gasteiger partial charge in [0.2, 0.25) is 0 Å². The van der Waals surface area contributed by atoms with Crippen LogP contribution in [-0.2, 0) is 11.2 Å². The topological polar surface area (TPSA) is 60.2 Å². The monoisotopic (exact) mass is 259 g/mol. The molecule has 1 atom stereocenters. The third-order valence-corrected chi connectivity index (χ3v) is 3.34. The van der Waals surface area contributed by atoms with E-state index in [0.717, 1.165) is 31.4 Å². The number of fused-ring (bicyclic) bond motifs is 1. The summed E-state index contributed by atoms with van der Waals surface area (Å²) in [4.78, 5) is 4.38. The van der Waals surface area contributed by atoms with E-state index >= 15 is 0 Å². The largest absolute Gasteiger partial charge is 0.385 e. The molecule has 0 amide bonds. The van der Waals surface area contributed by atoms with Crippen LogP contribution in [0.5, 0.6) is 0 Å². The highest BCUT2D eigenvalue weighted by Crippen LogP contribution is 2.18. The molecule has 0 aliphatic rings. The first-order valence-corrected chi connectivity index (χ1v) is 6.63. The van der Waals surface area contributed by atoms with E-state index in [9.17, 15) is 0 Å². The minimum absolute atomic E-state index is 0.265. The number of benzene rings is 1. The second-order valence-corrected chi connectivity index (χ2v) is 4.69. The minimum atomic E-state index is 0.265. The van der Waals surface area contributed by atoms with Gasteiger partial charge in [-0.05, 0) is 37.0 Å². The summed E-state index contributed by atoms with van der Waals surface area (Å²) in [6.45, 7) is 0.773. The molecule has 1 aromatic carbocycles. The van der Waals surface area contributed by atoms with Crippen LogP contribution < -0.4 is 11.3 Å². The molecule has 0 radical (unpaired) electrons. The van der Waals surface area contributed by atoms with Crippen molar-refractivity contribution in [1.29, 1.82) is 0 Å². The van der Waals surface area contributed by atoms with Crippen LogP contribution in [-0.4, -0.2) is 24.7 Å². The maximum atomic E-state index is 5.64. The fourth-order valence-corrected chi connectivity index (χ4v) is 2.32. The van der Waals surface area contributed by atoms with Crippen molar-refractivity contribution in [3.05, 3.63) is 42.1 Å². The smallest absolute Gasteiger partial charge is 0.0704 e. The lowest BCUT2D eigenvalue weighted by Gasteiger charge is -2.16. The number of hydrazine groups is 1. The molecule has 3 N–H and O–H groups in total. The standard InChI is InChI=1S/C15H21N3O/c1-19-10-4-5-13(18-16)11-12-8-9-17-15-7-3-2-6-14(12)15/h2-3,6-9,13,18H,4-5,10-11,16H2,1H3. The Hall–Kier alpha value is -1.49. The molecular weight excluding hydrogens is 238 g/mol. The highest BCUT2D eigenvalue weighted by molar-refractivity contribution is 5.81. The van der Waals surface area contributed by atoms with Crippen molar-refractivity contribution in [1.82, 2.24) is 10.4 Å². The molecule has 1 aromatic heterocycles. The average molecular weight is 259 g/mol. The van der Waals surface area contributed by atoms with Crippen molar-refractivity contribution < 1.29 is 4.74 Å². The third-order valence-electron chi connectivity index (χ3n) is 3.34. The Balaban J connectivity index is 2.10. The lowest BCUT2D eigenvalue weighted by Crippen LogP contribution is -2.37. The van der Waals surface area contributed by atoms with Gasteiger partial charge in [0.25, 0.3) is 0 Å². The quantitative estimate of drug-likeness (QED) is 0.454. The van der Waals surface area contributed by atoms with Crippen LogP contribution >= 0.6 is 0 Å². The van der Waals surface area contributed by atoms with Gasteiger partial charge < -0.3 is 4.74 Å². The van der Waals surface area contributed by atoms with Crippen LogP contribution in [0.25, 0.3) is 10.9 Å². The molecule has 2 rings (SSSR count). The minimum Gasteiger partial charge on any atom is -0.385 e. The summed E-state index contributed by atoms with van der Waals surface area (Å²) in [6.07, 6.45) is 4.78. The highest BCUT2D eigenvalue weighted by Gasteiger charge is 2.10. The highest BCUT2D eigenvalue weighted by atomic mass is 16.5. The van der Waals surface area contributed by atoms with Crippen molar-refractivity contribution in [3.63, 3.8) is 0 Å². The van der Waals surface area contributed by atoms with Gasteiger partial charge in [0.1, 0.15) is 0 Å². The van der Waals surface area contributed by atoms with Crippen LogP contribution in [0.3, 0.4) is 0 Å². The number of aromatic nitrogens is 1. The number of nitrogens with zero attached hydrogens (tertiary/aromatic N) is 1. The maximum absolute atomic E-state index is 5.64. The molecule has 0 spiro atoms. The fourth-order valence-electron chi connectivity index (χ4n) is 2.32. The molecule has 0 saturated heterocycles. The molecule has 4 heteroatoms. The van der Waals surface area contributed by atoms with E-state index in [1.807, 2.05) is 24.4 Å². The molecule has 1 unspecified atom stereocenters. The Bertz CT molecular complexity index is 510. The maximum Gasteiger partial charge on any atom is 0.0704 e. The van der Waals surface area contributed by atoms with Gasteiger partial charge in [-0.1, -0.05) is 18.2 Å². The van der Waals surface area contributed by atoms with Crippen molar-refractivity contribution >= 4 is 10.9 Å². The first kappa shape index (κ1) is 13.9.